The van der Waals surface area contributed by atoms with E-state index in [0.29, 0.717) is 0 Å². The van der Waals surface area contributed by atoms with E-state index < -0.39 is 6.36 Å². The molecule has 1 heterocycles. The maximum absolute atomic E-state index is 12.8. The average Bonchev–Trinajstić information content (AvgIpc) is 3.02. The van der Waals surface area contributed by atoms with Crippen LogP contribution in [0.15, 0.2) is 24.3 Å². The van der Waals surface area contributed by atoms with E-state index in [0.717, 1.165) is 25.7 Å². The molecule has 1 saturated heterocycles. The van der Waals surface area contributed by atoms with E-state index in [-0.39, 0.29) is 29.2 Å². The first-order valence-corrected chi connectivity index (χ1v) is 8.52. The van der Waals surface area contributed by atoms with Gasteiger partial charge in [0, 0.05) is 25.2 Å². The lowest BCUT2D eigenvalue weighted by Gasteiger charge is -2.34. The summed E-state index contributed by atoms with van der Waals surface area (Å²) in [7, 11) is 1.71. The van der Waals surface area contributed by atoms with Crippen molar-refractivity contribution in [1.29, 1.82) is 0 Å². The van der Waals surface area contributed by atoms with Gasteiger partial charge in [-0.1, -0.05) is 19.9 Å². The summed E-state index contributed by atoms with van der Waals surface area (Å²) in [6, 6.07) is 5.23. The molecule has 4 nitrogen and oxygen atoms in total. The lowest BCUT2D eigenvalue weighted by Crippen LogP contribution is -2.47. The minimum absolute atomic E-state index is 0.00205. The van der Waals surface area contributed by atoms with Crippen LogP contribution in [0.5, 0.6) is 5.75 Å². The number of benzene rings is 1. The van der Waals surface area contributed by atoms with Crippen molar-refractivity contribution < 1.29 is 22.7 Å². The number of hydrogen-bond donors (Lipinski definition) is 0. The smallest absolute Gasteiger partial charge is 0.406 e. The lowest BCUT2D eigenvalue weighted by atomic mass is 10.0. The predicted octanol–water partition coefficient (Wildman–Crippen LogP) is 3.78. The van der Waals surface area contributed by atoms with Gasteiger partial charge in [0.15, 0.2) is 0 Å². The number of carbonyl (C=O) groups excluding carboxylic acids is 1. The molecule has 7 heteroatoms. The van der Waals surface area contributed by atoms with Crippen molar-refractivity contribution in [2.24, 2.45) is 5.92 Å². The molecular formula is C18H25F3N2O2. The quantitative estimate of drug-likeness (QED) is 0.776. The Kier molecular flexibility index (Phi) is 6.32. The summed E-state index contributed by atoms with van der Waals surface area (Å²) in [5.74, 6) is -0.443. The number of alkyl halides is 3. The molecule has 1 atom stereocenters. The number of halogens is 3. The van der Waals surface area contributed by atoms with E-state index in [2.05, 4.69) is 9.64 Å². The van der Waals surface area contributed by atoms with E-state index in [1.165, 1.54) is 31.0 Å². The zero-order valence-electron chi connectivity index (χ0n) is 14.8. The Labute approximate surface area is 146 Å². The minimum Gasteiger partial charge on any atom is -0.406 e. The van der Waals surface area contributed by atoms with E-state index >= 15 is 0 Å². The Bertz CT molecular complexity index is 584. The van der Waals surface area contributed by atoms with Crippen molar-refractivity contribution in [2.45, 2.75) is 39.1 Å². The van der Waals surface area contributed by atoms with Crippen LogP contribution < -0.4 is 4.74 Å². The van der Waals surface area contributed by atoms with Crippen molar-refractivity contribution in [2.75, 3.05) is 26.7 Å². The third-order valence-corrected chi connectivity index (χ3v) is 4.55. The second kappa shape index (κ2) is 8.08. The Balaban J connectivity index is 2.12. The standard InChI is InChI=1S/C18H25F3N2O2/c1-13(2)16(12-23-9-4-5-10-23)22(3)17(24)14-7-6-8-15(11-14)25-18(19,20)21/h6-8,11,13,16H,4-5,9-10,12H2,1-3H3. The lowest BCUT2D eigenvalue weighted by molar-refractivity contribution is -0.274. The number of ether oxygens (including phenoxy) is 1. The maximum atomic E-state index is 12.8. The van der Waals surface area contributed by atoms with Crippen LogP contribution in [0.4, 0.5) is 13.2 Å². The first-order valence-electron chi connectivity index (χ1n) is 8.52. The van der Waals surface area contributed by atoms with E-state index in [1.54, 1.807) is 11.9 Å². The maximum Gasteiger partial charge on any atom is 0.573 e. The Morgan fingerprint density at radius 3 is 2.48 bits per heavy atom. The topological polar surface area (TPSA) is 32.8 Å². The molecule has 1 aliphatic rings. The van der Waals surface area contributed by atoms with E-state index in [1.807, 2.05) is 13.8 Å². The van der Waals surface area contributed by atoms with Gasteiger partial charge in [0.2, 0.25) is 0 Å². The summed E-state index contributed by atoms with van der Waals surface area (Å²) in [5, 5.41) is 0. The summed E-state index contributed by atoms with van der Waals surface area (Å²) in [5.41, 5.74) is 0.191. The van der Waals surface area contributed by atoms with Gasteiger partial charge in [-0.3, -0.25) is 4.79 Å². The molecule has 0 aromatic heterocycles. The highest BCUT2D eigenvalue weighted by Crippen LogP contribution is 2.24. The van der Waals surface area contributed by atoms with Crippen molar-refractivity contribution in [3.05, 3.63) is 29.8 Å². The summed E-state index contributed by atoms with van der Waals surface area (Å²) < 4.78 is 41.0. The molecule has 0 radical (unpaired) electrons. The molecule has 25 heavy (non-hydrogen) atoms. The number of likely N-dealkylation sites (N-methyl/N-ethyl adjacent to an activating group) is 1. The van der Waals surface area contributed by atoms with Gasteiger partial charge in [0.05, 0.1) is 0 Å². The first-order chi connectivity index (χ1) is 11.7. The number of carbonyl (C=O) groups is 1. The zero-order chi connectivity index (χ0) is 18.6. The molecule has 1 unspecified atom stereocenters. The van der Waals surface area contributed by atoms with Crippen molar-refractivity contribution in [3.8, 4) is 5.75 Å². The van der Waals surface area contributed by atoms with Crippen LogP contribution in [-0.2, 0) is 0 Å². The number of nitrogens with zero attached hydrogens (tertiary/aromatic N) is 2. The fourth-order valence-electron chi connectivity index (χ4n) is 3.19. The Morgan fingerprint density at radius 1 is 1.28 bits per heavy atom. The van der Waals surface area contributed by atoms with E-state index in [4.69, 9.17) is 0 Å². The average molecular weight is 358 g/mol. The summed E-state index contributed by atoms with van der Waals surface area (Å²) in [6.45, 7) is 6.93. The van der Waals surface area contributed by atoms with Gasteiger partial charge in [-0.2, -0.15) is 0 Å². The van der Waals surface area contributed by atoms with Gasteiger partial charge in [0.1, 0.15) is 5.75 Å². The normalized spacial score (nSPS) is 16.9. The number of likely N-dealkylation sites (tertiary alicyclic amines) is 1. The van der Waals surface area contributed by atoms with Crippen LogP contribution in [0, 0.1) is 5.92 Å². The van der Waals surface area contributed by atoms with Gasteiger partial charge < -0.3 is 14.5 Å². The largest absolute Gasteiger partial charge is 0.573 e. The second-order valence-electron chi connectivity index (χ2n) is 6.81. The fraction of sp³-hybridized carbons (Fsp3) is 0.611. The molecular weight excluding hydrogens is 333 g/mol. The Morgan fingerprint density at radius 2 is 1.92 bits per heavy atom. The van der Waals surface area contributed by atoms with Crippen LogP contribution in [0.25, 0.3) is 0 Å². The number of rotatable bonds is 6. The van der Waals surface area contributed by atoms with Gasteiger partial charge >= 0.3 is 6.36 Å². The summed E-state index contributed by atoms with van der Waals surface area (Å²) >= 11 is 0. The molecule has 0 N–H and O–H groups in total. The molecule has 140 valence electrons. The number of amides is 1. The fourth-order valence-corrected chi connectivity index (χ4v) is 3.19. The van der Waals surface area contributed by atoms with Crippen LogP contribution in [0.1, 0.15) is 37.0 Å². The van der Waals surface area contributed by atoms with Gasteiger partial charge in [0.25, 0.3) is 5.91 Å². The van der Waals surface area contributed by atoms with Gasteiger partial charge in [-0.15, -0.1) is 13.2 Å². The Hall–Kier alpha value is -1.76. The molecule has 0 spiro atoms. The highest BCUT2D eigenvalue weighted by atomic mass is 19.4. The molecule has 0 saturated carbocycles. The molecule has 1 aromatic rings. The van der Waals surface area contributed by atoms with E-state index in [9.17, 15) is 18.0 Å². The summed E-state index contributed by atoms with van der Waals surface area (Å²) in [6.07, 6.45) is -2.44. The molecule has 1 aromatic carbocycles. The van der Waals surface area contributed by atoms with Crippen molar-refractivity contribution in [1.82, 2.24) is 9.80 Å². The third kappa shape index (κ3) is 5.63. The molecule has 1 aliphatic heterocycles. The van der Waals surface area contributed by atoms with Gasteiger partial charge in [-0.05, 0) is 50.0 Å². The first kappa shape index (κ1) is 19.6. The third-order valence-electron chi connectivity index (χ3n) is 4.55. The van der Waals surface area contributed by atoms with Crippen molar-refractivity contribution in [3.63, 3.8) is 0 Å². The molecule has 0 aliphatic carbocycles. The molecule has 1 amide bonds. The predicted molar refractivity (Wildman–Crippen MR) is 89.5 cm³/mol. The van der Waals surface area contributed by atoms with Crippen LogP contribution in [0.2, 0.25) is 0 Å². The van der Waals surface area contributed by atoms with Crippen LogP contribution >= 0.6 is 0 Å². The summed E-state index contributed by atoms with van der Waals surface area (Å²) in [4.78, 5) is 16.7. The molecule has 1 fully saturated rings. The second-order valence-corrected chi connectivity index (χ2v) is 6.81. The minimum atomic E-state index is -4.77. The van der Waals surface area contributed by atoms with Crippen LogP contribution in [-0.4, -0.2) is 54.8 Å². The van der Waals surface area contributed by atoms with Crippen molar-refractivity contribution >= 4 is 5.91 Å². The SMILES string of the molecule is CC(C)C(CN1CCCC1)N(C)C(=O)c1cccc(OC(F)(F)F)c1. The molecule has 0 bridgehead atoms. The number of hydrogen-bond acceptors (Lipinski definition) is 3. The monoisotopic (exact) mass is 358 g/mol. The van der Waals surface area contributed by atoms with Crippen LogP contribution in [0.3, 0.4) is 0 Å². The zero-order valence-corrected chi connectivity index (χ0v) is 14.8. The highest BCUT2D eigenvalue weighted by Gasteiger charge is 2.32. The highest BCUT2D eigenvalue weighted by molar-refractivity contribution is 5.94. The molecule has 2 rings (SSSR count). The van der Waals surface area contributed by atoms with Gasteiger partial charge in [-0.25, -0.2) is 0 Å².